The maximum atomic E-state index is 10.6. The number of nitrogens with zero attached hydrogens (tertiary/aromatic N) is 2. The van der Waals surface area contributed by atoms with Crippen LogP contribution in [-0.2, 0) is 25.5 Å². The highest BCUT2D eigenvalue weighted by Crippen LogP contribution is 2.42. The Bertz CT molecular complexity index is 700. The Labute approximate surface area is 179 Å². The van der Waals surface area contributed by atoms with Crippen LogP contribution in [0.25, 0.3) is 0 Å². The Morgan fingerprint density at radius 3 is 2.71 bits per heavy atom. The molecule has 2 atom stereocenters. The van der Waals surface area contributed by atoms with Crippen LogP contribution in [-0.4, -0.2) is 79.9 Å². The van der Waals surface area contributed by atoms with Gasteiger partial charge in [0.2, 0.25) is 0 Å². The van der Waals surface area contributed by atoms with E-state index in [-0.39, 0.29) is 5.41 Å². The van der Waals surface area contributed by atoms with Gasteiger partial charge in [0.05, 0.1) is 19.8 Å². The molecule has 3 saturated heterocycles. The minimum atomic E-state index is -5.08. The molecule has 1 aromatic heterocycles. The lowest BCUT2D eigenvalue weighted by atomic mass is 9.82. The topological polar surface area (TPSA) is 81.1 Å². The second-order valence-electron chi connectivity index (χ2n) is 8.48. The molecule has 31 heavy (non-hydrogen) atoms. The van der Waals surface area contributed by atoms with E-state index in [2.05, 4.69) is 16.0 Å². The third-order valence-corrected chi connectivity index (χ3v) is 6.05. The lowest BCUT2D eigenvalue weighted by Gasteiger charge is -2.29. The fourth-order valence-electron chi connectivity index (χ4n) is 4.36. The minimum Gasteiger partial charge on any atom is -0.475 e. The van der Waals surface area contributed by atoms with Gasteiger partial charge in [0.15, 0.2) is 0 Å². The van der Waals surface area contributed by atoms with E-state index in [9.17, 15) is 13.2 Å². The molecule has 0 amide bonds. The second-order valence-corrected chi connectivity index (χ2v) is 8.48. The first kappa shape index (κ1) is 23.9. The van der Waals surface area contributed by atoms with E-state index >= 15 is 0 Å². The molecule has 1 aromatic rings. The Hall–Kier alpha value is -1.75. The van der Waals surface area contributed by atoms with E-state index in [0.717, 1.165) is 72.1 Å². The summed E-state index contributed by atoms with van der Waals surface area (Å²) in [5.41, 5.74) is 1.48. The number of likely N-dealkylation sites (tertiary alicyclic amines) is 1. The molecule has 0 aromatic carbocycles. The molecule has 0 aliphatic carbocycles. The smallest absolute Gasteiger partial charge is 0.475 e. The number of carbonyl (C=O) groups is 1. The molecule has 0 bridgehead atoms. The normalized spacial score (nSPS) is 26.9. The molecule has 3 aliphatic rings. The molecule has 10 heteroatoms. The molecule has 3 aliphatic heterocycles. The number of alkyl halides is 3. The van der Waals surface area contributed by atoms with Gasteiger partial charge >= 0.3 is 12.1 Å². The van der Waals surface area contributed by atoms with Crippen LogP contribution in [0.15, 0.2) is 24.5 Å². The highest BCUT2D eigenvalue weighted by atomic mass is 19.4. The van der Waals surface area contributed by atoms with E-state index in [1.807, 2.05) is 18.5 Å². The van der Waals surface area contributed by atoms with Crippen molar-refractivity contribution >= 4 is 5.97 Å². The predicted octanol–water partition coefficient (Wildman–Crippen LogP) is 2.61. The van der Waals surface area contributed by atoms with Gasteiger partial charge < -0.3 is 19.3 Å². The third kappa shape index (κ3) is 6.86. The molecule has 1 N–H and O–H groups in total. The van der Waals surface area contributed by atoms with Crippen LogP contribution in [0.3, 0.4) is 0 Å². The Morgan fingerprint density at radius 2 is 2.06 bits per heavy atom. The fourth-order valence-corrected chi connectivity index (χ4v) is 4.36. The third-order valence-electron chi connectivity index (χ3n) is 6.05. The molecule has 7 nitrogen and oxygen atoms in total. The van der Waals surface area contributed by atoms with Gasteiger partial charge in [-0.15, -0.1) is 0 Å². The van der Waals surface area contributed by atoms with Crippen LogP contribution in [0.5, 0.6) is 0 Å². The van der Waals surface area contributed by atoms with Gasteiger partial charge in [-0.1, -0.05) is 6.07 Å². The van der Waals surface area contributed by atoms with Crippen molar-refractivity contribution in [2.45, 2.75) is 25.6 Å². The zero-order chi connectivity index (χ0) is 22.3. The van der Waals surface area contributed by atoms with E-state index in [0.29, 0.717) is 11.8 Å². The van der Waals surface area contributed by atoms with E-state index in [4.69, 9.17) is 24.1 Å². The molecule has 0 saturated carbocycles. The van der Waals surface area contributed by atoms with Gasteiger partial charge in [-0.2, -0.15) is 13.2 Å². The number of carboxylic acid groups (broad SMARTS) is 1. The Kier molecular flexibility index (Phi) is 8.26. The van der Waals surface area contributed by atoms with Crippen molar-refractivity contribution in [2.24, 2.45) is 17.3 Å². The summed E-state index contributed by atoms with van der Waals surface area (Å²) in [4.78, 5) is 15.7. The highest BCUT2D eigenvalue weighted by molar-refractivity contribution is 5.73. The van der Waals surface area contributed by atoms with Crippen LogP contribution < -0.4 is 0 Å². The van der Waals surface area contributed by atoms with Crippen LogP contribution in [0.2, 0.25) is 0 Å². The van der Waals surface area contributed by atoms with E-state index in [1.165, 1.54) is 5.56 Å². The summed E-state index contributed by atoms with van der Waals surface area (Å²) < 4.78 is 49.2. The number of pyridine rings is 1. The number of hydrogen-bond donors (Lipinski definition) is 1. The van der Waals surface area contributed by atoms with Crippen molar-refractivity contribution < 1.29 is 37.3 Å². The zero-order valence-electron chi connectivity index (χ0n) is 17.4. The number of fused-ring (bicyclic) bond motifs is 1. The van der Waals surface area contributed by atoms with Gasteiger partial charge in [0.1, 0.15) is 0 Å². The molecule has 0 radical (unpaired) electrons. The highest BCUT2D eigenvalue weighted by Gasteiger charge is 2.50. The summed E-state index contributed by atoms with van der Waals surface area (Å²) in [6.07, 6.45) is 1.00. The molecular weight excluding hydrogens is 417 g/mol. The summed E-state index contributed by atoms with van der Waals surface area (Å²) in [7, 11) is 0. The Morgan fingerprint density at radius 1 is 1.32 bits per heavy atom. The number of carboxylic acids is 1. The predicted molar refractivity (Wildman–Crippen MR) is 104 cm³/mol. The largest absolute Gasteiger partial charge is 0.490 e. The quantitative estimate of drug-likeness (QED) is 0.720. The molecule has 4 heterocycles. The van der Waals surface area contributed by atoms with Gasteiger partial charge in [0, 0.05) is 63.2 Å². The maximum Gasteiger partial charge on any atom is 0.490 e. The SMILES string of the molecule is O=C(O)C(F)(F)F.c1cncc(CN2C[C@@H]3COC[C@]3(COCC3CCOCC3)C2)c1. The summed E-state index contributed by atoms with van der Waals surface area (Å²) in [5.74, 6) is -1.49. The summed E-state index contributed by atoms with van der Waals surface area (Å²) >= 11 is 0. The average Bonchev–Trinajstić information content (AvgIpc) is 3.26. The van der Waals surface area contributed by atoms with Crippen molar-refractivity contribution in [3.8, 4) is 0 Å². The first-order chi connectivity index (χ1) is 14.8. The number of aromatic nitrogens is 1. The summed E-state index contributed by atoms with van der Waals surface area (Å²) in [5, 5.41) is 7.12. The Balaban J connectivity index is 0.000000339. The fraction of sp³-hybridized carbons (Fsp3) is 0.714. The van der Waals surface area contributed by atoms with Gasteiger partial charge in [-0.3, -0.25) is 9.88 Å². The molecule has 0 unspecified atom stereocenters. The molecule has 174 valence electrons. The number of aliphatic carboxylic acids is 1. The lowest BCUT2D eigenvalue weighted by molar-refractivity contribution is -0.192. The van der Waals surface area contributed by atoms with Crippen LogP contribution >= 0.6 is 0 Å². The lowest BCUT2D eigenvalue weighted by Crippen LogP contribution is -2.36. The molecule has 0 spiro atoms. The van der Waals surface area contributed by atoms with E-state index < -0.39 is 12.1 Å². The molecule has 4 rings (SSSR count). The monoisotopic (exact) mass is 446 g/mol. The van der Waals surface area contributed by atoms with Crippen molar-refractivity contribution in [3.63, 3.8) is 0 Å². The van der Waals surface area contributed by atoms with Crippen molar-refractivity contribution in [2.75, 3.05) is 52.7 Å². The maximum absolute atomic E-state index is 10.6. The number of ether oxygens (including phenoxy) is 3. The zero-order valence-corrected chi connectivity index (χ0v) is 17.4. The van der Waals surface area contributed by atoms with Gasteiger partial charge in [-0.25, -0.2) is 4.79 Å². The standard InChI is InChI=1S/C19H28N2O3.C2HF3O2/c1-2-17(8-20-5-1)9-21-10-18-12-24-15-19(18,13-21)14-23-11-16-3-6-22-7-4-16;3-2(4,5)1(6)7/h1-2,5,8,16,18H,3-4,6-7,9-15H2;(H,6,7)/t18-,19-;/m1./s1. The van der Waals surface area contributed by atoms with Crippen LogP contribution in [0, 0.1) is 17.3 Å². The summed E-state index contributed by atoms with van der Waals surface area (Å²) in [6, 6.07) is 4.17. The second kappa shape index (κ2) is 10.7. The first-order valence-electron chi connectivity index (χ1n) is 10.4. The van der Waals surface area contributed by atoms with Crippen LogP contribution in [0.4, 0.5) is 13.2 Å². The minimum absolute atomic E-state index is 0.188. The number of halogens is 3. The first-order valence-corrected chi connectivity index (χ1v) is 10.4. The van der Waals surface area contributed by atoms with Crippen molar-refractivity contribution in [1.29, 1.82) is 0 Å². The average molecular weight is 446 g/mol. The van der Waals surface area contributed by atoms with E-state index in [1.54, 1.807) is 0 Å². The van der Waals surface area contributed by atoms with Crippen LogP contribution in [0.1, 0.15) is 18.4 Å². The molecular formula is C21H29F3N2O5. The number of rotatable bonds is 6. The number of hydrogen-bond acceptors (Lipinski definition) is 6. The van der Waals surface area contributed by atoms with Crippen molar-refractivity contribution in [1.82, 2.24) is 9.88 Å². The summed E-state index contributed by atoms with van der Waals surface area (Å²) in [6.45, 7) is 8.37. The van der Waals surface area contributed by atoms with Crippen molar-refractivity contribution in [3.05, 3.63) is 30.1 Å². The van der Waals surface area contributed by atoms with Gasteiger partial charge in [-0.05, 0) is 30.4 Å². The molecule has 3 fully saturated rings. The van der Waals surface area contributed by atoms with Gasteiger partial charge in [0.25, 0.3) is 0 Å².